The van der Waals surface area contributed by atoms with Crippen molar-refractivity contribution in [3.8, 4) is 0 Å². The van der Waals surface area contributed by atoms with Crippen molar-refractivity contribution in [2.24, 2.45) is 5.41 Å². The fraction of sp³-hybridized carbons (Fsp3) is 0.478. The van der Waals surface area contributed by atoms with Crippen LogP contribution in [0.4, 0.5) is 11.4 Å². The number of anilines is 1. The van der Waals surface area contributed by atoms with E-state index in [9.17, 15) is 53.3 Å². The molecule has 5 rings (SSSR count). The van der Waals surface area contributed by atoms with Gasteiger partial charge in [0.2, 0.25) is 17.5 Å². The number of benzene rings is 2. The monoisotopic (exact) mass is 973 g/mol. The van der Waals surface area contributed by atoms with E-state index < -0.39 is 70.7 Å². The smallest absolute Gasteiger partial charge is 0.305 e. The van der Waals surface area contributed by atoms with Gasteiger partial charge in [-0.1, -0.05) is 38.5 Å². The third-order valence-corrected chi connectivity index (χ3v) is 14.8. The lowest BCUT2D eigenvalue weighted by molar-refractivity contribution is -0.433. The van der Waals surface area contributed by atoms with Gasteiger partial charge in [0, 0.05) is 60.6 Å². The number of amides is 2. The van der Waals surface area contributed by atoms with Crippen molar-refractivity contribution in [3.05, 3.63) is 94.7 Å². The Labute approximate surface area is 388 Å². The molecule has 1 aliphatic carbocycles. The Hall–Kier alpha value is -4.99. The van der Waals surface area contributed by atoms with Gasteiger partial charge in [-0.05, 0) is 113 Å². The Balaban J connectivity index is 1.62. The van der Waals surface area contributed by atoms with Crippen LogP contribution >= 0.6 is 0 Å². The predicted molar refractivity (Wildman–Crippen MR) is 250 cm³/mol. The number of hydrogen-bond acceptors (Lipinski definition) is 11. The quantitative estimate of drug-likeness (QED) is 0.0372. The Morgan fingerprint density at radius 1 is 0.773 bits per heavy atom. The van der Waals surface area contributed by atoms with E-state index in [1.54, 1.807) is 31.2 Å². The highest BCUT2D eigenvalue weighted by Crippen LogP contribution is 2.49. The summed E-state index contributed by atoms with van der Waals surface area (Å²) >= 11 is 0. The molecule has 2 aliphatic heterocycles. The van der Waals surface area contributed by atoms with Crippen molar-refractivity contribution in [2.75, 3.05) is 43.4 Å². The highest BCUT2D eigenvalue weighted by Gasteiger charge is 2.49. The van der Waals surface area contributed by atoms with Crippen LogP contribution in [-0.2, 0) is 60.3 Å². The van der Waals surface area contributed by atoms with Crippen molar-refractivity contribution in [3.63, 3.8) is 0 Å². The zero-order valence-corrected chi connectivity index (χ0v) is 40.8. The van der Waals surface area contributed by atoms with Gasteiger partial charge in [0.05, 0.1) is 27.6 Å². The number of nitrogens with zero attached hydrogens (tertiary/aromatic N) is 2. The second kappa shape index (κ2) is 20.1. The van der Waals surface area contributed by atoms with Gasteiger partial charge in [0.25, 0.3) is 30.4 Å². The van der Waals surface area contributed by atoms with Crippen LogP contribution < -0.4 is 15.5 Å². The highest BCUT2D eigenvalue weighted by atomic mass is 32.2. The number of esters is 1. The summed E-state index contributed by atoms with van der Waals surface area (Å²) in [6, 6.07) is 8.82. The van der Waals surface area contributed by atoms with Crippen molar-refractivity contribution >= 4 is 65.2 Å². The van der Waals surface area contributed by atoms with E-state index in [-0.39, 0.29) is 48.2 Å². The minimum atomic E-state index is -4.51. The number of carbonyl (C=O) groups excluding carboxylic acids is 3. The van der Waals surface area contributed by atoms with Crippen LogP contribution in [0.2, 0.25) is 0 Å². The standard InChI is InChI=1S/C46H60N4O13S3/c1-8-49-37-19-17-33(65(57,58)59)27-35(37)44(4,5)39(49)21-15-31-26-32(16-22-40-45(6,7)36-28-34(66(60,61)62)18-20-38(36)50(40)9-2)30-46(29-31,43(53)48-24-25-64(54,55)56)42(52)47-23-13-11-12-14-41(51)63-10-3/h15-22,26-28H,8-14,23-25,29-30H2,1-7H3,(H4-,47,48,52,53,54,55,56,57,58,59,60,61,62)/p+1. The first kappa shape index (κ1) is 52.0. The first-order valence-corrected chi connectivity index (χ1v) is 26.3. The Kier molecular flexibility index (Phi) is 15.8. The largest absolute Gasteiger partial charge is 0.466 e. The maximum absolute atomic E-state index is 14.6. The molecule has 5 N–H and O–H groups in total. The van der Waals surface area contributed by atoms with E-state index in [1.165, 1.54) is 24.3 Å². The number of unbranched alkanes of at least 4 members (excludes halogenated alkanes) is 2. The van der Waals surface area contributed by atoms with Gasteiger partial charge in [-0.15, -0.1) is 0 Å². The number of nitrogens with one attached hydrogen (secondary N) is 2. The lowest BCUT2D eigenvalue weighted by Gasteiger charge is -2.35. The summed E-state index contributed by atoms with van der Waals surface area (Å²) in [5, 5.41) is 5.48. The average molecular weight is 974 g/mol. The number of carbonyl (C=O) groups is 3. The lowest BCUT2D eigenvalue weighted by Crippen LogP contribution is -2.53. The molecule has 66 heavy (non-hydrogen) atoms. The maximum Gasteiger partial charge on any atom is 0.305 e. The minimum Gasteiger partial charge on any atom is -0.466 e. The molecule has 0 aromatic heterocycles. The van der Waals surface area contributed by atoms with Gasteiger partial charge in [0.1, 0.15) is 12.0 Å². The van der Waals surface area contributed by atoms with Gasteiger partial charge < -0.3 is 20.3 Å². The van der Waals surface area contributed by atoms with Crippen molar-refractivity contribution < 1.29 is 62.6 Å². The Morgan fingerprint density at radius 3 is 1.98 bits per heavy atom. The molecule has 2 aromatic carbocycles. The molecule has 0 spiro atoms. The molecule has 20 heteroatoms. The normalized spacial score (nSPS) is 20.4. The molecule has 1 atom stereocenters. The molecule has 0 radical (unpaired) electrons. The summed E-state index contributed by atoms with van der Waals surface area (Å²) in [5.74, 6) is -2.53. The van der Waals surface area contributed by atoms with Crippen LogP contribution in [-0.4, -0.2) is 106 Å². The number of fused-ring (bicyclic) bond motifs is 2. The maximum atomic E-state index is 14.6. The summed E-state index contributed by atoms with van der Waals surface area (Å²) in [6.45, 7) is 14.1. The molecule has 3 aliphatic rings. The molecule has 17 nitrogen and oxygen atoms in total. The van der Waals surface area contributed by atoms with Gasteiger partial charge in [0.15, 0.2) is 5.71 Å². The van der Waals surface area contributed by atoms with Crippen molar-refractivity contribution in [1.29, 1.82) is 0 Å². The third-order valence-electron chi connectivity index (χ3n) is 12.4. The molecule has 0 saturated carbocycles. The molecule has 0 saturated heterocycles. The third kappa shape index (κ3) is 11.4. The number of ether oxygens (including phenoxy) is 1. The number of hydrogen-bond donors (Lipinski definition) is 5. The SMILES string of the molecule is CCOC(=O)CCCCCNC(=O)C1(C(=O)NCCS(=O)(=O)O)CC(/C=C/C2=[N+](CC)c3ccc(S(=O)(=O)O)cc3C2(C)C)=CC(=C/C=C2/N(CC)c3ccc(S(=O)(=O)O)cc3C2(C)C)/C1. The number of rotatable bonds is 19. The molecular formula is C46H61N4O13S3+. The van der Waals surface area contributed by atoms with E-state index in [1.807, 2.05) is 69.2 Å². The molecule has 2 amide bonds. The molecule has 1 unspecified atom stereocenters. The van der Waals surface area contributed by atoms with Gasteiger partial charge in [-0.25, -0.2) is 0 Å². The Bertz CT molecular complexity index is 2770. The first-order valence-electron chi connectivity index (χ1n) is 21.8. The van der Waals surface area contributed by atoms with E-state index in [0.717, 1.165) is 22.8 Å². The number of allylic oxidation sites excluding steroid dienone is 8. The van der Waals surface area contributed by atoms with Gasteiger partial charge in [-0.3, -0.25) is 28.0 Å². The summed E-state index contributed by atoms with van der Waals surface area (Å²) in [5.41, 5.74) is 1.96. The molecule has 2 aromatic rings. The highest BCUT2D eigenvalue weighted by molar-refractivity contribution is 7.86. The fourth-order valence-electron chi connectivity index (χ4n) is 9.06. The molecule has 2 heterocycles. The fourth-order valence-corrected chi connectivity index (χ4v) is 10.4. The molecular weight excluding hydrogens is 913 g/mol. The second-order valence-electron chi connectivity index (χ2n) is 17.6. The topological polar surface area (TPSA) is 254 Å². The van der Waals surface area contributed by atoms with Crippen LogP contribution in [0.15, 0.2) is 93.4 Å². The summed E-state index contributed by atoms with van der Waals surface area (Å²) in [7, 11) is -13.5. The van der Waals surface area contributed by atoms with Crippen LogP contribution in [0, 0.1) is 5.41 Å². The predicted octanol–water partition coefficient (Wildman–Crippen LogP) is 5.71. The van der Waals surface area contributed by atoms with E-state index >= 15 is 0 Å². The first-order chi connectivity index (χ1) is 30.7. The van der Waals surface area contributed by atoms with Crippen molar-refractivity contribution in [1.82, 2.24) is 10.6 Å². The zero-order chi connectivity index (χ0) is 49.0. The number of likely N-dealkylation sites (N-methyl/N-ethyl adjacent to an activating group) is 1. The summed E-state index contributed by atoms with van der Waals surface area (Å²) < 4.78 is 108. The van der Waals surface area contributed by atoms with Crippen LogP contribution in [0.3, 0.4) is 0 Å². The zero-order valence-electron chi connectivity index (χ0n) is 38.4. The summed E-state index contributed by atoms with van der Waals surface area (Å²) in [4.78, 5) is 42.5. The second-order valence-corrected chi connectivity index (χ2v) is 22.0. The van der Waals surface area contributed by atoms with E-state index in [2.05, 4.69) is 10.6 Å². The molecule has 0 bridgehead atoms. The minimum absolute atomic E-state index is 0.139. The van der Waals surface area contributed by atoms with Crippen molar-refractivity contribution in [2.45, 2.75) is 108 Å². The average Bonchev–Trinajstić information content (AvgIpc) is 3.58. The Morgan fingerprint density at radius 2 is 1.39 bits per heavy atom. The van der Waals surface area contributed by atoms with Crippen LogP contribution in [0.25, 0.3) is 0 Å². The molecule has 360 valence electrons. The van der Waals surface area contributed by atoms with Gasteiger partial charge >= 0.3 is 5.97 Å². The summed E-state index contributed by atoms with van der Waals surface area (Å²) in [6.07, 6.45) is 10.6. The van der Waals surface area contributed by atoms with E-state index in [0.29, 0.717) is 54.6 Å². The van der Waals surface area contributed by atoms with Crippen LogP contribution in [0.1, 0.15) is 98.1 Å². The lowest BCUT2D eigenvalue weighted by atomic mass is 9.70. The van der Waals surface area contributed by atoms with Crippen LogP contribution in [0.5, 0.6) is 0 Å². The molecule has 0 fully saturated rings. The van der Waals surface area contributed by atoms with E-state index in [4.69, 9.17) is 4.74 Å². The van der Waals surface area contributed by atoms with Gasteiger partial charge in [-0.2, -0.15) is 29.8 Å².